The van der Waals surface area contributed by atoms with E-state index in [0.717, 1.165) is 17.9 Å². The quantitative estimate of drug-likeness (QED) is 0.781. The van der Waals surface area contributed by atoms with Gasteiger partial charge < -0.3 is 20.1 Å². The Morgan fingerprint density at radius 2 is 1.95 bits per heavy atom. The highest BCUT2D eigenvalue weighted by Crippen LogP contribution is 2.27. The molecule has 0 unspecified atom stereocenters. The summed E-state index contributed by atoms with van der Waals surface area (Å²) >= 11 is 0. The van der Waals surface area contributed by atoms with Gasteiger partial charge >= 0.3 is 5.97 Å². The molecule has 21 heavy (non-hydrogen) atoms. The van der Waals surface area contributed by atoms with Gasteiger partial charge in [0.15, 0.2) is 0 Å². The van der Waals surface area contributed by atoms with Gasteiger partial charge in [-0.05, 0) is 45.9 Å². The molecule has 0 atom stereocenters. The Morgan fingerprint density at radius 3 is 2.52 bits per heavy atom. The van der Waals surface area contributed by atoms with Crippen molar-refractivity contribution in [3.63, 3.8) is 0 Å². The van der Waals surface area contributed by atoms with Crippen LogP contribution in [-0.4, -0.2) is 38.3 Å². The number of hydrogen-bond donors (Lipinski definition) is 1. The van der Waals surface area contributed by atoms with Crippen LogP contribution in [0.1, 0.15) is 27.2 Å². The van der Waals surface area contributed by atoms with Gasteiger partial charge in [0.25, 0.3) is 0 Å². The third-order valence-electron chi connectivity index (χ3n) is 2.80. The van der Waals surface area contributed by atoms with Gasteiger partial charge in [-0.25, -0.2) is 0 Å². The van der Waals surface area contributed by atoms with Crippen molar-refractivity contribution in [2.45, 2.75) is 32.8 Å². The van der Waals surface area contributed by atoms with Crippen LogP contribution in [0.4, 0.5) is 5.69 Å². The van der Waals surface area contributed by atoms with E-state index in [1.165, 1.54) is 0 Å². The predicted octanol–water partition coefficient (Wildman–Crippen LogP) is 2.19. The SMILES string of the molecule is COc1ccccc1N(CCCN)CC(=O)OC(C)(C)C. The number of para-hydroxylation sites is 2. The standard InChI is InChI=1S/C16H26N2O3/c1-16(2,3)21-15(19)12-18(11-7-10-17)13-8-5-6-9-14(13)20-4/h5-6,8-9H,7,10-12,17H2,1-4H3. The summed E-state index contributed by atoms with van der Waals surface area (Å²) in [5.41, 5.74) is 5.97. The van der Waals surface area contributed by atoms with Crippen molar-refractivity contribution in [3.8, 4) is 5.75 Å². The first-order valence-corrected chi connectivity index (χ1v) is 7.17. The van der Waals surface area contributed by atoms with Gasteiger partial charge in [0.05, 0.1) is 12.8 Å². The lowest BCUT2D eigenvalue weighted by Crippen LogP contribution is -2.36. The van der Waals surface area contributed by atoms with E-state index in [1.807, 2.05) is 49.9 Å². The molecule has 2 N–H and O–H groups in total. The number of methoxy groups -OCH3 is 1. The molecule has 5 heteroatoms. The number of carbonyl (C=O) groups is 1. The lowest BCUT2D eigenvalue weighted by molar-refractivity contribution is -0.153. The molecular weight excluding hydrogens is 268 g/mol. The molecule has 5 nitrogen and oxygen atoms in total. The maximum atomic E-state index is 12.1. The second-order valence-electron chi connectivity index (χ2n) is 5.82. The first-order chi connectivity index (χ1) is 9.87. The van der Waals surface area contributed by atoms with E-state index in [-0.39, 0.29) is 12.5 Å². The number of nitrogens with two attached hydrogens (primary N) is 1. The van der Waals surface area contributed by atoms with Crippen LogP contribution in [0.15, 0.2) is 24.3 Å². The van der Waals surface area contributed by atoms with Crippen molar-refractivity contribution in [3.05, 3.63) is 24.3 Å². The van der Waals surface area contributed by atoms with Crippen molar-refractivity contribution in [1.82, 2.24) is 0 Å². The zero-order valence-electron chi connectivity index (χ0n) is 13.4. The van der Waals surface area contributed by atoms with Crippen LogP contribution in [0, 0.1) is 0 Å². The molecule has 1 aromatic rings. The summed E-state index contributed by atoms with van der Waals surface area (Å²) in [6, 6.07) is 7.62. The zero-order chi connectivity index (χ0) is 15.9. The van der Waals surface area contributed by atoms with Gasteiger partial charge in [0.1, 0.15) is 17.9 Å². The Labute approximate surface area is 127 Å². The van der Waals surface area contributed by atoms with Crippen LogP contribution in [-0.2, 0) is 9.53 Å². The number of ether oxygens (including phenoxy) is 2. The minimum atomic E-state index is -0.489. The van der Waals surface area contributed by atoms with Gasteiger partial charge in [-0.15, -0.1) is 0 Å². The van der Waals surface area contributed by atoms with Gasteiger partial charge in [-0.2, -0.15) is 0 Å². The molecule has 0 aliphatic heterocycles. The zero-order valence-corrected chi connectivity index (χ0v) is 13.4. The molecule has 1 aromatic carbocycles. The van der Waals surface area contributed by atoms with E-state index in [4.69, 9.17) is 15.2 Å². The number of esters is 1. The molecule has 0 aliphatic carbocycles. The third-order valence-corrected chi connectivity index (χ3v) is 2.80. The summed E-state index contributed by atoms with van der Waals surface area (Å²) in [5, 5.41) is 0. The number of nitrogens with zero attached hydrogens (tertiary/aromatic N) is 1. The molecule has 118 valence electrons. The number of carbonyl (C=O) groups excluding carboxylic acids is 1. The van der Waals surface area contributed by atoms with E-state index in [1.54, 1.807) is 7.11 Å². The van der Waals surface area contributed by atoms with Crippen LogP contribution < -0.4 is 15.4 Å². The summed E-state index contributed by atoms with van der Waals surface area (Å²) in [7, 11) is 1.62. The summed E-state index contributed by atoms with van der Waals surface area (Å²) < 4.78 is 10.8. The molecule has 0 heterocycles. The van der Waals surface area contributed by atoms with Crippen LogP contribution in [0.5, 0.6) is 5.75 Å². The van der Waals surface area contributed by atoms with Gasteiger partial charge in [0, 0.05) is 6.54 Å². The van der Waals surface area contributed by atoms with Crippen molar-refractivity contribution in [2.24, 2.45) is 5.73 Å². The molecule has 1 rings (SSSR count). The molecule has 0 bridgehead atoms. The average Bonchev–Trinajstić information content (AvgIpc) is 2.41. The number of benzene rings is 1. The number of rotatable bonds is 7. The fourth-order valence-corrected chi connectivity index (χ4v) is 1.99. The van der Waals surface area contributed by atoms with Crippen molar-refractivity contribution in [1.29, 1.82) is 0 Å². The minimum absolute atomic E-state index is 0.178. The summed E-state index contributed by atoms with van der Waals surface area (Å²) in [6.07, 6.45) is 0.793. The van der Waals surface area contributed by atoms with Crippen LogP contribution in [0.25, 0.3) is 0 Å². The molecule has 0 aromatic heterocycles. The molecular formula is C16H26N2O3. The van der Waals surface area contributed by atoms with Crippen molar-refractivity contribution >= 4 is 11.7 Å². The van der Waals surface area contributed by atoms with E-state index in [9.17, 15) is 4.79 Å². The summed E-state index contributed by atoms with van der Waals surface area (Å²) in [4.78, 5) is 14.0. The van der Waals surface area contributed by atoms with E-state index < -0.39 is 5.60 Å². The Hall–Kier alpha value is -1.75. The van der Waals surface area contributed by atoms with Crippen molar-refractivity contribution in [2.75, 3.05) is 31.6 Å². The fraction of sp³-hybridized carbons (Fsp3) is 0.562. The van der Waals surface area contributed by atoms with Crippen LogP contribution >= 0.6 is 0 Å². The summed E-state index contributed by atoms with van der Waals surface area (Å²) in [6.45, 7) is 7.00. The van der Waals surface area contributed by atoms with E-state index >= 15 is 0 Å². The maximum absolute atomic E-state index is 12.1. The van der Waals surface area contributed by atoms with Gasteiger partial charge in [-0.3, -0.25) is 4.79 Å². The monoisotopic (exact) mass is 294 g/mol. The highest BCUT2D eigenvalue weighted by molar-refractivity contribution is 5.77. The van der Waals surface area contributed by atoms with Gasteiger partial charge in [-0.1, -0.05) is 12.1 Å². The van der Waals surface area contributed by atoms with Crippen molar-refractivity contribution < 1.29 is 14.3 Å². The fourth-order valence-electron chi connectivity index (χ4n) is 1.99. The number of anilines is 1. The predicted molar refractivity (Wildman–Crippen MR) is 84.7 cm³/mol. The highest BCUT2D eigenvalue weighted by Gasteiger charge is 2.20. The van der Waals surface area contributed by atoms with E-state index in [2.05, 4.69) is 0 Å². The van der Waals surface area contributed by atoms with Crippen LogP contribution in [0.3, 0.4) is 0 Å². The number of hydrogen-bond acceptors (Lipinski definition) is 5. The first-order valence-electron chi connectivity index (χ1n) is 7.17. The molecule has 0 amide bonds. The van der Waals surface area contributed by atoms with Crippen LogP contribution in [0.2, 0.25) is 0 Å². The van der Waals surface area contributed by atoms with E-state index in [0.29, 0.717) is 13.1 Å². The minimum Gasteiger partial charge on any atom is -0.495 e. The molecule has 0 aliphatic rings. The molecule has 0 saturated heterocycles. The first kappa shape index (κ1) is 17.3. The smallest absolute Gasteiger partial charge is 0.326 e. The summed E-state index contributed by atoms with van der Waals surface area (Å²) in [5.74, 6) is 0.475. The normalized spacial score (nSPS) is 11.1. The molecule has 0 radical (unpaired) electrons. The molecule has 0 saturated carbocycles. The lowest BCUT2D eigenvalue weighted by Gasteiger charge is -2.27. The third kappa shape index (κ3) is 6.04. The second-order valence-corrected chi connectivity index (χ2v) is 5.82. The largest absolute Gasteiger partial charge is 0.495 e. The Bertz CT molecular complexity index is 455. The highest BCUT2D eigenvalue weighted by atomic mass is 16.6. The topological polar surface area (TPSA) is 64.8 Å². The average molecular weight is 294 g/mol. The Balaban J connectivity index is 2.87. The maximum Gasteiger partial charge on any atom is 0.326 e. The molecule has 0 fully saturated rings. The lowest BCUT2D eigenvalue weighted by atomic mass is 10.2. The Kier molecular flexibility index (Phi) is 6.49. The second kappa shape index (κ2) is 7.88. The molecule has 0 spiro atoms. The van der Waals surface area contributed by atoms with Gasteiger partial charge in [0.2, 0.25) is 0 Å². The Morgan fingerprint density at radius 1 is 1.29 bits per heavy atom.